The molecule has 0 aromatic heterocycles. The number of carbonyl (C=O) groups excluding carboxylic acids is 1. The van der Waals surface area contributed by atoms with Gasteiger partial charge in [0.05, 0.1) is 24.3 Å². The summed E-state index contributed by atoms with van der Waals surface area (Å²) in [4.78, 5) is 19.4. The summed E-state index contributed by atoms with van der Waals surface area (Å²) in [6.45, 7) is 2.50. The Balaban J connectivity index is 1.62. The van der Waals surface area contributed by atoms with Crippen LogP contribution in [0.15, 0.2) is 47.5 Å². The molecular formula is C22H24ClFN4O2. The van der Waals surface area contributed by atoms with Crippen molar-refractivity contribution < 1.29 is 13.9 Å². The van der Waals surface area contributed by atoms with Gasteiger partial charge in [-0.25, -0.2) is 4.39 Å². The highest BCUT2D eigenvalue weighted by atomic mass is 35.5. The van der Waals surface area contributed by atoms with E-state index in [2.05, 4.69) is 16.7 Å². The first-order chi connectivity index (χ1) is 14.5. The zero-order valence-corrected chi connectivity index (χ0v) is 17.5. The molecule has 0 bridgehead atoms. The fourth-order valence-corrected chi connectivity index (χ4v) is 4.16. The number of hydrogen-bond acceptors (Lipinski definition) is 4. The highest BCUT2D eigenvalue weighted by Gasteiger charge is 2.45. The van der Waals surface area contributed by atoms with E-state index in [1.54, 1.807) is 12.0 Å². The van der Waals surface area contributed by atoms with Crippen LogP contribution in [0.25, 0.3) is 0 Å². The number of para-hydroxylation sites is 1. The summed E-state index contributed by atoms with van der Waals surface area (Å²) in [6, 6.07) is 12.1. The number of benzene rings is 2. The Morgan fingerprint density at radius 2 is 2.17 bits per heavy atom. The Morgan fingerprint density at radius 1 is 1.33 bits per heavy atom. The minimum Gasteiger partial charge on any atom is -0.383 e. The average molecular weight is 431 g/mol. The number of rotatable bonds is 4. The molecule has 2 heterocycles. The number of amidine groups is 1. The van der Waals surface area contributed by atoms with Crippen molar-refractivity contribution in [3.05, 3.63) is 64.4 Å². The number of ether oxygens (including phenoxy) is 1. The van der Waals surface area contributed by atoms with Crippen molar-refractivity contribution in [3.8, 4) is 0 Å². The van der Waals surface area contributed by atoms with E-state index in [4.69, 9.17) is 21.3 Å². The van der Waals surface area contributed by atoms with Gasteiger partial charge in [-0.05, 0) is 36.2 Å². The molecule has 2 aliphatic rings. The highest BCUT2D eigenvalue weighted by molar-refractivity contribution is 6.31. The minimum atomic E-state index is -0.571. The van der Waals surface area contributed by atoms with Gasteiger partial charge in [0.15, 0.2) is 0 Å². The molecule has 0 aliphatic carbocycles. The van der Waals surface area contributed by atoms with Crippen LogP contribution < -0.4 is 10.6 Å². The van der Waals surface area contributed by atoms with Crippen molar-refractivity contribution in [1.29, 1.82) is 0 Å². The molecule has 8 heteroatoms. The summed E-state index contributed by atoms with van der Waals surface area (Å²) in [7, 11) is 1.64. The number of fused-ring (bicyclic) bond motifs is 1. The normalized spacial score (nSPS) is 22.1. The van der Waals surface area contributed by atoms with Crippen LogP contribution >= 0.6 is 11.6 Å². The monoisotopic (exact) mass is 430 g/mol. The Hall–Kier alpha value is -2.48. The van der Waals surface area contributed by atoms with Crippen molar-refractivity contribution in [3.63, 3.8) is 0 Å². The number of halogens is 2. The van der Waals surface area contributed by atoms with Crippen LogP contribution in [-0.4, -0.2) is 55.5 Å². The maximum atomic E-state index is 14.3. The molecule has 4 rings (SSSR count). The molecule has 2 aromatic rings. The Kier molecular flexibility index (Phi) is 6.04. The second kappa shape index (κ2) is 8.71. The molecule has 0 saturated carbocycles. The first-order valence-corrected chi connectivity index (χ1v) is 10.3. The molecule has 2 N–H and O–H groups in total. The van der Waals surface area contributed by atoms with Gasteiger partial charge in [0.25, 0.3) is 5.91 Å². The summed E-state index contributed by atoms with van der Waals surface area (Å²) in [5.74, 6) is -0.170. The Morgan fingerprint density at radius 3 is 3.00 bits per heavy atom. The molecule has 30 heavy (non-hydrogen) atoms. The lowest BCUT2D eigenvalue weighted by Crippen LogP contribution is -2.55. The van der Waals surface area contributed by atoms with Crippen LogP contribution in [0.5, 0.6) is 0 Å². The summed E-state index contributed by atoms with van der Waals surface area (Å²) >= 11 is 5.99. The van der Waals surface area contributed by atoms with E-state index in [-0.39, 0.29) is 11.5 Å². The quantitative estimate of drug-likeness (QED) is 0.730. The van der Waals surface area contributed by atoms with Gasteiger partial charge in [-0.1, -0.05) is 29.8 Å². The standard InChI is InChI=1S/C22H24ClFN4O2/c1-30-11-9-25-21-22(26-13-15-4-2-3-5-19(15)27-21)8-10-28(14-22)20(29)17-12-16(23)6-7-18(17)24/h2-7,12,26H,8-11,13-14H2,1H3,(H,25,27). The Labute approximate surface area is 180 Å². The van der Waals surface area contributed by atoms with E-state index in [1.165, 1.54) is 18.2 Å². The van der Waals surface area contributed by atoms with Crippen LogP contribution in [0, 0.1) is 5.82 Å². The molecule has 0 radical (unpaired) electrons. The predicted octanol–water partition coefficient (Wildman–Crippen LogP) is 3.32. The number of aliphatic imine (C=N–C) groups is 1. The van der Waals surface area contributed by atoms with Crippen LogP contribution in [-0.2, 0) is 11.3 Å². The van der Waals surface area contributed by atoms with Crippen molar-refractivity contribution in [2.75, 3.05) is 38.7 Å². The number of nitrogens with zero attached hydrogens (tertiary/aromatic N) is 2. The molecule has 1 fully saturated rings. The van der Waals surface area contributed by atoms with E-state index >= 15 is 0 Å². The van der Waals surface area contributed by atoms with Gasteiger partial charge in [-0.15, -0.1) is 0 Å². The van der Waals surface area contributed by atoms with Gasteiger partial charge in [-0.3, -0.25) is 15.1 Å². The Bertz CT molecular complexity index is 983. The SMILES string of the molecule is COCCN=C1Nc2ccccc2CNC12CCN(C(=O)c1cc(Cl)ccc1F)C2. The maximum Gasteiger partial charge on any atom is 0.256 e. The number of carbonyl (C=O) groups is 1. The number of likely N-dealkylation sites (tertiary alicyclic amines) is 1. The van der Waals surface area contributed by atoms with Crippen LogP contribution in [0.1, 0.15) is 22.3 Å². The predicted molar refractivity (Wildman–Crippen MR) is 116 cm³/mol. The lowest BCUT2D eigenvalue weighted by atomic mass is 9.96. The third kappa shape index (κ3) is 4.05. The van der Waals surface area contributed by atoms with Gasteiger partial charge in [0.1, 0.15) is 11.7 Å². The first kappa shape index (κ1) is 20.8. The molecule has 2 aromatic carbocycles. The maximum absolute atomic E-state index is 14.3. The lowest BCUT2D eigenvalue weighted by molar-refractivity contribution is 0.0781. The number of nitrogens with one attached hydrogen (secondary N) is 2. The van der Waals surface area contributed by atoms with Crippen LogP contribution in [0.2, 0.25) is 5.02 Å². The molecule has 1 atom stereocenters. The first-order valence-electron chi connectivity index (χ1n) is 9.90. The summed E-state index contributed by atoms with van der Waals surface area (Å²) in [5.41, 5.74) is 1.56. The number of anilines is 1. The number of hydrogen-bond donors (Lipinski definition) is 2. The molecule has 1 amide bonds. The van der Waals surface area contributed by atoms with Gasteiger partial charge < -0.3 is 15.0 Å². The topological polar surface area (TPSA) is 66.0 Å². The van der Waals surface area contributed by atoms with E-state index in [0.717, 1.165) is 17.1 Å². The third-order valence-electron chi connectivity index (χ3n) is 5.62. The van der Waals surface area contributed by atoms with E-state index in [0.29, 0.717) is 44.2 Å². The highest BCUT2D eigenvalue weighted by Crippen LogP contribution is 2.31. The van der Waals surface area contributed by atoms with Crippen molar-refractivity contribution in [2.45, 2.75) is 18.5 Å². The fraction of sp³-hybridized carbons (Fsp3) is 0.364. The van der Waals surface area contributed by atoms with E-state index in [1.807, 2.05) is 18.2 Å². The molecule has 2 aliphatic heterocycles. The smallest absolute Gasteiger partial charge is 0.256 e. The van der Waals surface area contributed by atoms with Crippen LogP contribution in [0.4, 0.5) is 10.1 Å². The molecule has 1 spiro atoms. The summed E-state index contributed by atoms with van der Waals surface area (Å²) in [6.07, 6.45) is 0.660. The van der Waals surface area contributed by atoms with Crippen LogP contribution in [0.3, 0.4) is 0 Å². The second-order valence-electron chi connectivity index (χ2n) is 7.54. The molecule has 1 saturated heterocycles. The van der Waals surface area contributed by atoms with E-state index in [9.17, 15) is 9.18 Å². The molecule has 6 nitrogen and oxygen atoms in total. The zero-order chi connectivity index (χ0) is 21.1. The summed E-state index contributed by atoms with van der Waals surface area (Å²) < 4.78 is 19.4. The lowest BCUT2D eigenvalue weighted by Gasteiger charge is -2.30. The van der Waals surface area contributed by atoms with Gasteiger partial charge in [0, 0.05) is 37.5 Å². The van der Waals surface area contributed by atoms with Crippen molar-refractivity contribution in [1.82, 2.24) is 10.2 Å². The summed E-state index contributed by atoms with van der Waals surface area (Å²) in [5, 5.41) is 7.41. The third-order valence-corrected chi connectivity index (χ3v) is 5.86. The number of amides is 1. The fourth-order valence-electron chi connectivity index (χ4n) is 3.98. The second-order valence-corrected chi connectivity index (χ2v) is 7.98. The van der Waals surface area contributed by atoms with Crippen molar-refractivity contribution >= 4 is 29.0 Å². The van der Waals surface area contributed by atoms with Gasteiger partial charge in [0.2, 0.25) is 0 Å². The van der Waals surface area contributed by atoms with Gasteiger partial charge in [-0.2, -0.15) is 0 Å². The average Bonchev–Trinajstić information content (AvgIpc) is 3.12. The van der Waals surface area contributed by atoms with Gasteiger partial charge >= 0.3 is 0 Å². The largest absolute Gasteiger partial charge is 0.383 e. The minimum absolute atomic E-state index is 0.0118. The molecule has 158 valence electrons. The van der Waals surface area contributed by atoms with E-state index < -0.39 is 11.4 Å². The van der Waals surface area contributed by atoms with Crippen molar-refractivity contribution in [2.24, 2.45) is 4.99 Å². The molecular weight excluding hydrogens is 407 g/mol. The zero-order valence-electron chi connectivity index (χ0n) is 16.8. The molecule has 1 unspecified atom stereocenters. The number of methoxy groups -OCH3 is 1.